The number of carbonyl (C=O) groups excluding carboxylic acids is 1. The molecule has 0 atom stereocenters. The fraction of sp³-hybridized carbons (Fsp3) is 0.429. The van der Waals surface area contributed by atoms with Gasteiger partial charge in [-0.2, -0.15) is 0 Å². The van der Waals surface area contributed by atoms with Gasteiger partial charge in [0, 0.05) is 12.6 Å². The fourth-order valence-corrected chi connectivity index (χ4v) is 1.73. The average Bonchev–Trinajstić information content (AvgIpc) is 2.41. The van der Waals surface area contributed by atoms with Gasteiger partial charge in [-0.3, -0.25) is 0 Å². The Morgan fingerprint density at radius 2 is 1.86 bits per heavy atom. The van der Waals surface area contributed by atoms with E-state index < -0.39 is 29.2 Å². The van der Waals surface area contributed by atoms with Crippen molar-refractivity contribution >= 4 is 17.7 Å². The Labute approximate surface area is 121 Å². The van der Waals surface area contributed by atoms with Crippen LogP contribution in [0, 0.1) is 11.6 Å². The first-order chi connectivity index (χ1) is 9.95. The summed E-state index contributed by atoms with van der Waals surface area (Å²) in [5.74, 6) is -3.75. The van der Waals surface area contributed by atoms with Crippen molar-refractivity contribution in [3.8, 4) is 0 Å². The standard InChI is InChI=1S/C14H18F2N2O3/c1-2-3-4-5-6-17-14(21)18-12-7-9(13(19)20)10(15)8-11(12)16/h7-8H,2-6H2,1H3,(H,19,20)(H2,17,18,21). The van der Waals surface area contributed by atoms with Crippen molar-refractivity contribution in [2.24, 2.45) is 0 Å². The minimum absolute atomic E-state index is 0.375. The number of aromatic carboxylic acids is 1. The molecule has 0 fully saturated rings. The first-order valence-electron chi connectivity index (χ1n) is 6.73. The summed E-state index contributed by atoms with van der Waals surface area (Å²) in [6.07, 6.45) is 3.92. The zero-order valence-corrected chi connectivity index (χ0v) is 11.7. The van der Waals surface area contributed by atoms with Crippen LogP contribution in [-0.4, -0.2) is 23.7 Å². The van der Waals surface area contributed by atoms with Gasteiger partial charge in [0.1, 0.15) is 11.6 Å². The second kappa shape index (κ2) is 8.18. The second-order valence-electron chi connectivity index (χ2n) is 4.56. The van der Waals surface area contributed by atoms with Crippen molar-refractivity contribution in [3.63, 3.8) is 0 Å². The minimum Gasteiger partial charge on any atom is -0.478 e. The maximum Gasteiger partial charge on any atom is 0.338 e. The number of urea groups is 1. The molecular weight excluding hydrogens is 282 g/mol. The molecule has 1 aromatic rings. The molecule has 0 saturated carbocycles. The van der Waals surface area contributed by atoms with Gasteiger partial charge >= 0.3 is 12.0 Å². The van der Waals surface area contributed by atoms with E-state index in [1.54, 1.807) is 0 Å². The van der Waals surface area contributed by atoms with E-state index in [1.807, 2.05) is 0 Å². The molecule has 7 heteroatoms. The Morgan fingerprint density at radius 3 is 2.48 bits per heavy atom. The number of unbranched alkanes of at least 4 members (excludes halogenated alkanes) is 3. The summed E-state index contributed by atoms with van der Waals surface area (Å²) in [7, 11) is 0. The van der Waals surface area contributed by atoms with E-state index in [1.165, 1.54) is 0 Å². The number of carboxylic acid groups (broad SMARTS) is 1. The van der Waals surface area contributed by atoms with Crippen molar-refractivity contribution in [1.82, 2.24) is 5.32 Å². The van der Waals surface area contributed by atoms with Gasteiger partial charge in [0.05, 0.1) is 11.3 Å². The lowest BCUT2D eigenvalue weighted by atomic mass is 10.2. The minimum atomic E-state index is -1.53. The summed E-state index contributed by atoms with van der Waals surface area (Å²) in [5.41, 5.74) is -1.07. The van der Waals surface area contributed by atoms with Gasteiger partial charge in [0.2, 0.25) is 0 Å². The van der Waals surface area contributed by atoms with E-state index in [2.05, 4.69) is 17.6 Å². The molecule has 0 heterocycles. The van der Waals surface area contributed by atoms with Crippen molar-refractivity contribution in [1.29, 1.82) is 0 Å². The number of anilines is 1. The lowest BCUT2D eigenvalue weighted by Gasteiger charge is -2.09. The van der Waals surface area contributed by atoms with Gasteiger partial charge in [-0.25, -0.2) is 18.4 Å². The summed E-state index contributed by atoms with van der Waals surface area (Å²) in [5, 5.41) is 13.4. The number of rotatable bonds is 7. The van der Waals surface area contributed by atoms with Crippen LogP contribution >= 0.6 is 0 Å². The Hall–Kier alpha value is -2.18. The van der Waals surface area contributed by atoms with Crippen LogP contribution in [0.4, 0.5) is 19.3 Å². The number of hydrogen-bond acceptors (Lipinski definition) is 2. The molecule has 0 aliphatic heterocycles. The monoisotopic (exact) mass is 300 g/mol. The number of carbonyl (C=O) groups is 2. The van der Waals surface area contributed by atoms with Crippen LogP contribution in [-0.2, 0) is 0 Å². The average molecular weight is 300 g/mol. The van der Waals surface area contributed by atoms with Crippen LogP contribution in [0.3, 0.4) is 0 Å². The molecule has 0 radical (unpaired) electrons. The lowest BCUT2D eigenvalue weighted by molar-refractivity contribution is 0.0692. The largest absolute Gasteiger partial charge is 0.478 e. The van der Waals surface area contributed by atoms with Crippen molar-refractivity contribution in [3.05, 3.63) is 29.3 Å². The predicted octanol–water partition coefficient (Wildman–Crippen LogP) is 3.36. The molecule has 5 nitrogen and oxygen atoms in total. The zero-order chi connectivity index (χ0) is 15.8. The highest BCUT2D eigenvalue weighted by Crippen LogP contribution is 2.19. The van der Waals surface area contributed by atoms with E-state index in [4.69, 9.17) is 5.11 Å². The number of benzene rings is 1. The van der Waals surface area contributed by atoms with Crippen molar-refractivity contribution in [2.75, 3.05) is 11.9 Å². The summed E-state index contributed by atoms with van der Waals surface area (Å²) < 4.78 is 26.7. The van der Waals surface area contributed by atoms with E-state index in [-0.39, 0.29) is 5.69 Å². The molecule has 0 bridgehead atoms. The van der Waals surface area contributed by atoms with Gasteiger partial charge in [0.25, 0.3) is 0 Å². The molecule has 0 aromatic heterocycles. The first-order valence-corrected chi connectivity index (χ1v) is 6.73. The van der Waals surface area contributed by atoms with Crippen LogP contribution < -0.4 is 10.6 Å². The number of halogens is 2. The molecule has 0 saturated heterocycles. The third-order valence-corrected chi connectivity index (χ3v) is 2.85. The Balaban J connectivity index is 2.59. The fourth-order valence-electron chi connectivity index (χ4n) is 1.73. The Kier molecular flexibility index (Phi) is 6.58. The maximum atomic E-state index is 13.5. The molecule has 21 heavy (non-hydrogen) atoms. The summed E-state index contributed by atoms with van der Waals surface area (Å²) in [6, 6.07) is 0.526. The summed E-state index contributed by atoms with van der Waals surface area (Å²) in [4.78, 5) is 22.3. The second-order valence-corrected chi connectivity index (χ2v) is 4.56. The van der Waals surface area contributed by atoms with Crippen LogP contribution in [0.5, 0.6) is 0 Å². The summed E-state index contributed by atoms with van der Waals surface area (Å²) in [6.45, 7) is 2.50. The molecule has 0 unspecified atom stereocenters. The van der Waals surface area contributed by atoms with Gasteiger partial charge in [-0.15, -0.1) is 0 Å². The topological polar surface area (TPSA) is 78.4 Å². The third-order valence-electron chi connectivity index (χ3n) is 2.85. The number of amides is 2. The van der Waals surface area contributed by atoms with Gasteiger partial charge in [-0.1, -0.05) is 26.2 Å². The molecular formula is C14H18F2N2O3. The number of carboxylic acids is 1. The van der Waals surface area contributed by atoms with Crippen LogP contribution in [0.15, 0.2) is 12.1 Å². The van der Waals surface area contributed by atoms with E-state index >= 15 is 0 Å². The van der Waals surface area contributed by atoms with Crippen molar-refractivity contribution < 1.29 is 23.5 Å². The highest BCUT2D eigenvalue weighted by atomic mass is 19.1. The highest BCUT2D eigenvalue weighted by molar-refractivity contribution is 5.93. The normalized spacial score (nSPS) is 10.2. The molecule has 0 aliphatic carbocycles. The van der Waals surface area contributed by atoms with Crippen molar-refractivity contribution in [2.45, 2.75) is 32.6 Å². The smallest absolute Gasteiger partial charge is 0.338 e. The molecule has 0 aliphatic rings. The van der Waals surface area contributed by atoms with E-state index in [0.717, 1.165) is 31.7 Å². The maximum absolute atomic E-state index is 13.5. The SMILES string of the molecule is CCCCCCNC(=O)Nc1cc(C(=O)O)c(F)cc1F. The van der Waals surface area contributed by atoms with Gasteiger partial charge in [-0.05, 0) is 12.5 Å². The summed E-state index contributed by atoms with van der Waals surface area (Å²) >= 11 is 0. The van der Waals surface area contributed by atoms with Gasteiger partial charge in [0.15, 0.2) is 0 Å². The molecule has 1 rings (SSSR count). The molecule has 2 amide bonds. The Bertz CT molecular complexity index is 521. The van der Waals surface area contributed by atoms with Crippen LogP contribution in [0.25, 0.3) is 0 Å². The molecule has 3 N–H and O–H groups in total. The lowest BCUT2D eigenvalue weighted by Crippen LogP contribution is -2.30. The van der Waals surface area contributed by atoms with E-state index in [9.17, 15) is 18.4 Å². The first kappa shape index (κ1) is 16.9. The van der Waals surface area contributed by atoms with E-state index in [0.29, 0.717) is 12.6 Å². The molecule has 116 valence electrons. The number of nitrogens with one attached hydrogen (secondary N) is 2. The van der Waals surface area contributed by atoms with Crippen LogP contribution in [0.1, 0.15) is 43.0 Å². The van der Waals surface area contributed by atoms with Gasteiger partial charge < -0.3 is 15.7 Å². The quantitative estimate of drug-likeness (QED) is 0.676. The highest BCUT2D eigenvalue weighted by Gasteiger charge is 2.16. The molecule has 1 aromatic carbocycles. The molecule has 0 spiro atoms. The van der Waals surface area contributed by atoms with Crippen LogP contribution in [0.2, 0.25) is 0 Å². The Morgan fingerprint density at radius 1 is 1.14 bits per heavy atom. The predicted molar refractivity (Wildman–Crippen MR) is 74.5 cm³/mol. The zero-order valence-electron chi connectivity index (χ0n) is 11.7. The number of hydrogen-bond donors (Lipinski definition) is 3. The third kappa shape index (κ3) is 5.37.